The highest BCUT2D eigenvalue weighted by molar-refractivity contribution is 5.97. The van der Waals surface area contributed by atoms with Crippen molar-refractivity contribution >= 4 is 16.9 Å². The van der Waals surface area contributed by atoms with Crippen molar-refractivity contribution < 1.29 is 9.18 Å². The number of imidazole rings is 1. The van der Waals surface area contributed by atoms with E-state index in [0.717, 1.165) is 40.0 Å². The number of amides is 1. The van der Waals surface area contributed by atoms with Crippen LogP contribution >= 0.6 is 0 Å². The molecule has 6 heteroatoms. The minimum atomic E-state index is -0.350. The summed E-state index contributed by atoms with van der Waals surface area (Å²) in [5.41, 5.74) is 6.88. The van der Waals surface area contributed by atoms with E-state index in [4.69, 9.17) is 4.98 Å². The first kappa shape index (κ1) is 18.1. The van der Waals surface area contributed by atoms with E-state index >= 15 is 0 Å². The van der Waals surface area contributed by atoms with Gasteiger partial charge in [0.15, 0.2) is 0 Å². The Morgan fingerprint density at radius 2 is 1.91 bits per heavy atom. The van der Waals surface area contributed by atoms with Gasteiger partial charge in [0.05, 0.1) is 29.3 Å². The molecule has 5 nitrogen and oxygen atoms in total. The van der Waals surface area contributed by atoms with E-state index < -0.39 is 0 Å². The van der Waals surface area contributed by atoms with Crippen LogP contribution in [0, 0.1) is 5.82 Å². The van der Waals surface area contributed by atoms with Crippen LogP contribution in [0.4, 0.5) is 4.39 Å². The van der Waals surface area contributed by atoms with Crippen LogP contribution in [0.15, 0.2) is 54.9 Å². The van der Waals surface area contributed by atoms with Crippen LogP contribution in [-0.4, -0.2) is 32.4 Å². The molecule has 2 atom stereocenters. The summed E-state index contributed by atoms with van der Waals surface area (Å²) in [4.78, 5) is 24.2. The zero-order chi connectivity index (χ0) is 21.6. The van der Waals surface area contributed by atoms with Crippen molar-refractivity contribution in [2.75, 3.05) is 7.05 Å². The number of pyridine rings is 1. The highest BCUT2D eigenvalue weighted by Crippen LogP contribution is 2.52. The quantitative estimate of drug-likeness (QED) is 0.443. The van der Waals surface area contributed by atoms with Gasteiger partial charge in [-0.3, -0.25) is 9.78 Å². The van der Waals surface area contributed by atoms with Gasteiger partial charge < -0.3 is 9.47 Å². The number of carbonyl (C=O) groups excluding carboxylic acids is 1. The van der Waals surface area contributed by atoms with Crippen molar-refractivity contribution in [2.24, 2.45) is 0 Å². The van der Waals surface area contributed by atoms with Gasteiger partial charge in [-0.1, -0.05) is 18.2 Å². The molecule has 2 aromatic carbocycles. The van der Waals surface area contributed by atoms with E-state index in [9.17, 15) is 9.18 Å². The summed E-state index contributed by atoms with van der Waals surface area (Å²) in [6, 6.07) is 13.8. The third kappa shape index (κ3) is 2.40. The Morgan fingerprint density at radius 3 is 2.72 bits per heavy atom. The molecule has 7 rings (SSSR count). The van der Waals surface area contributed by atoms with Crippen LogP contribution in [-0.2, 0) is 0 Å². The second-order valence-corrected chi connectivity index (χ2v) is 9.20. The van der Waals surface area contributed by atoms with Gasteiger partial charge in [-0.05, 0) is 59.7 Å². The molecule has 0 radical (unpaired) electrons. The molecule has 3 aliphatic rings. The fourth-order valence-corrected chi connectivity index (χ4v) is 5.65. The van der Waals surface area contributed by atoms with Crippen LogP contribution in [0.25, 0.3) is 22.2 Å². The summed E-state index contributed by atoms with van der Waals surface area (Å²) in [6.45, 7) is 0. The lowest BCUT2D eigenvalue weighted by Crippen LogP contribution is -2.30. The Balaban J connectivity index is 1.49. The summed E-state index contributed by atoms with van der Waals surface area (Å²) < 4.78 is 16.1. The molecule has 0 spiro atoms. The molecule has 1 amide bonds. The van der Waals surface area contributed by atoms with E-state index in [1.165, 1.54) is 36.2 Å². The van der Waals surface area contributed by atoms with Gasteiger partial charge in [-0.15, -0.1) is 0 Å². The third-order valence-electron chi connectivity index (χ3n) is 7.32. The molecule has 0 N–H and O–H groups in total. The maximum Gasteiger partial charge on any atom is 0.254 e. The Morgan fingerprint density at radius 1 is 1.03 bits per heavy atom. The molecule has 4 heterocycles. The summed E-state index contributed by atoms with van der Waals surface area (Å²) in [5, 5.41) is 0. The minimum absolute atomic E-state index is 0.0568. The Bertz CT molecular complexity index is 1440. The molecule has 2 aromatic heterocycles. The van der Waals surface area contributed by atoms with Crippen LogP contribution in [0.1, 0.15) is 64.6 Å². The summed E-state index contributed by atoms with van der Waals surface area (Å²) in [5.74, 6) is 1.22. The SMILES string of the molecule is CN1C(=O)c2cccc(C3CC3)c2C2CC1c1nc3ccc(-c4cncc(F)c4)cc3n12. The number of fused-ring (bicyclic) bond motifs is 9. The van der Waals surface area contributed by atoms with E-state index in [-0.39, 0.29) is 23.8 Å². The lowest BCUT2D eigenvalue weighted by Gasteiger charge is -2.25. The van der Waals surface area contributed by atoms with Gasteiger partial charge in [0, 0.05) is 30.8 Å². The second-order valence-electron chi connectivity index (χ2n) is 9.20. The Labute approximate surface area is 184 Å². The van der Waals surface area contributed by atoms with Crippen LogP contribution < -0.4 is 0 Å². The average Bonchev–Trinajstić information content (AvgIpc) is 3.51. The van der Waals surface area contributed by atoms with Crippen molar-refractivity contribution in [3.63, 3.8) is 0 Å². The lowest BCUT2D eigenvalue weighted by molar-refractivity contribution is 0.0734. The first-order chi connectivity index (χ1) is 15.6. The van der Waals surface area contributed by atoms with Gasteiger partial charge in [-0.2, -0.15) is 0 Å². The van der Waals surface area contributed by atoms with Gasteiger partial charge in [0.25, 0.3) is 5.91 Å². The molecule has 1 fully saturated rings. The fourth-order valence-electron chi connectivity index (χ4n) is 5.65. The highest BCUT2D eigenvalue weighted by atomic mass is 19.1. The monoisotopic (exact) mass is 424 g/mol. The van der Waals surface area contributed by atoms with Crippen LogP contribution in [0.5, 0.6) is 0 Å². The molecule has 32 heavy (non-hydrogen) atoms. The maximum absolute atomic E-state index is 13.8. The number of benzene rings is 2. The molecular formula is C26H21FN4O. The maximum atomic E-state index is 13.8. The molecule has 2 unspecified atom stereocenters. The third-order valence-corrected chi connectivity index (χ3v) is 7.32. The number of hydrogen-bond acceptors (Lipinski definition) is 3. The average molecular weight is 424 g/mol. The van der Waals surface area contributed by atoms with E-state index in [1.807, 2.05) is 36.2 Å². The molecular weight excluding hydrogens is 403 g/mol. The van der Waals surface area contributed by atoms with Crippen molar-refractivity contribution in [1.82, 2.24) is 19.4 Å². The molecule has 0 saturated heterocycles. The lowest BCUT2D eigenvalue weighted by atomic mass is 9.91. The number of hydrogen-bond donors (Lipinski definition) is 0. The number of halogens is 1. The zero-order valence-corrected chi connectivity index (χ0v) is 17.6. The Hall–Kier alpha value is -3.54. The van der Waals surface area contributed by atoms with E-state index in [1.54, 1.807) is 6.20 Å². The largest absolute Gasteiger partial charge is 0.331 e. The fraction of sp³-hybridized carbons (Fsp3) is 0.269. The summed E-state index contributed by atoms with van der Waals surface area (Å²) in [6.07, 6.45) is 6.11. The number of aromatic nitrogens is 3. The number of nitrogens with zero attached hydrogens (tertiary/aromatic N) is 4. The Kier molecular flexibility index (Phi) is 3.53. The van der Waals surface area contributed by atoms with Crippen molar-refractivity contribution in [2.45, 2.75) is 37.3 Å². The molecule has 4 aromatic rings. The number of carbonyl (C=O) groups is 1. The highest BCUT2D eigenvalue weighted by Gasteiger charge is 2.45. The van der Waals surface area contributed by atoms with Gasteiger partial charge in [0.2, 0.25) is 0 Å². The van der Waals surface area contributed by atoms with Crippen molar-refractivity contribution in [3.8, 4) is 11.1 Å². The van der Waals surface area contributed by atoms with E-state index in [2.05, 4.69) is 21.7 Å². The summed E-state index contributed by atoms with van der Waals surface area (Å²) >= 11 is 0. The number of rotatable bonds is 2. The summed E-state index contributed by atoms with van der Waals surface area (Å²) in [7, 11) is 1.89. The standard InChI is InChI=1S/C26H21FN4O/c1-30-23-11-22(24-18(14-5-6-14)3-2-4-19(24)26(30)32)31-21-10-15(7-8-20(21)29-25(23)31)16-9-17(27)13-28-12-16/h2-4,7-10,12-14,22-23H,5-6,11H2,1H3. The zero-order valence-electron chi connectivity index (χ0n) is 17.6. The van der Waals surface area contributed by atoms with Crippen LogP contribution in [0.2, 0.25) is 0 Å². The molecule has 158 valence electrons. The van der Waals surface area contributed by atoms with Crippen LogP contribution in [0.3, 0.4) is 0 Å². The predicted molar refractivity (Wildman–Crippen MR) is 119 cm³/mol. The van der Waals surface area contributed by atoms with Crippen molar-refractivity contribution in [3.05, 3.63) is 83.2 Å². The second kappa shape index (κ2) is 6.25. The van der Waals surface area contributed by atoms with Gasteiger partial charge in [-0.25, -0.2) is 9.37 Å². The molecule has 1 aliphatic carbocycles. The first-order valence-electron chi connectivity index (χ1n) is 11.1. The van der Waals surface area contributed by atoms with E-state index in [0.29, 0.717) is 5.92 Å². The molecule has 2 aliphatic heterocycles. The normalized spacial score (nSPS) is 21.6. The minimum Gasteiger partial charge on any atom is -0.331 e. The molecule has 2 bridgehead atoms. The van der Waals surface area contributed by atoms with Crippen molar-refractivity contribution in [1.29, 1.82) is 0 Å². The predicted octanol–water partition coefficient (Wildman–Crippen LogP) is 5.23. The first-order valence-corrected chi connectivity index (χ1v) is 11.1. The smallest absolute Gasteiger partial charge is 0.254 e. The molecule has 1 saturated carbocycles. The topological polar surface area (TPSA) is 51.0 Å². The van der Waals surface area contributed by atoms with Gasteiger partial charge in [0.1, 0.15) is 11.6 Å². The van der Waals surface area contributed by atoms with Gasteiger partial charge >= 0.3 is 0 Å².